The number of ether oxygens (including phenoxy) is 1. The number of hydrogen-bond donors (Lipinski definition) is 2. The van der Waals surface area contributed by atoms with Crippen LogP contribution in [0, 0.1) is 17.8 Å². The molecule has 254 valence electrons. The van der Waals surface area contributed by atoms with E-state index in [-0.39, 0.29) is 34.0 Å². The Balaban J connectivity index is 1.32. The number of hydrogen-bond acceptors (Lipinski definition) is 8. The van der Waals surface area contributed by atoms with E-state index in [1.807, 2.05) is 54.7 Å². The predicted molar refractivity (Wildman–Crippen MR) is 194 cm³/mol. The van der Waals surface area contributed by atoms with Crippen molar-refractivity contribution in [2.24, 2.45) is 17.8 Å². The summed E-state index contributed by atoms with van der Waals surface area (Å²) in [4.78, 5) is 15.9. The quantitative estimate of drug-likeness (QED) is 0.325. The Bertz CT molecular complexity index is 1660. The third-order valence-electron chi connectivity index (χ3n) is 11.5. The van der Waals surface area contributed by atoms with Gasteiger partial charge in [-0.25, -0.2) is 13.1 Å². The van der Waals surface area contributed by atoms with Gasteiger partial charge in [-0.15, -0.1) is 0 Å². The van der Waals surface area contributed by atoms with Crippen molar-refractivity contribution in [2.45, 2.75) is 73.9 Å². The van der Waals surface area contributed by atoms with Crippen LogP contribution in [0.15, 0.2) is 48.6 Å². The number of nitrogens with one attached hydrogen (secondary N) is 1. The molecule has 7 rings (SSSR count). The maximum Gasteiger partial charge on any atom is 0.264 e. The first-order valence-electron chi connectivity index (χ1n) is 17.0. The van der Waals surface area contributed by atoms with Gasteiger partial charge in [0.1, 0.15) is 5.75 Å². The normalized spacial score (nSPS) is 36.1. The van der Waals surface area contributed by atoms with Crippen LogP contribution in [0.4, 0.5) is 5.69 Å². The molecule has 2 fully saturated rings. The van der Waals surface area contributed by atoms with Crippen LogP contribution >= 0.6 is 35.1 Å². The first-order chi connectivity index (χ1) is 22.5. The zero-order valence-corrected chi connectivity index (χ0v) is 30.3. The maximum atomic E-state index is 13.5. The molecule has 0 radical (unpaired) electrons. The maximum absolute atomic E-state index is 13.5. The first-order valence-corrected chi connectivity index (χ1v) is 21.1. The van der Waals surface area contributed by atoms with Crippen LogP contribution in [0.5, 0.6) is 5.75 Å². The number of fused-ring (bicyclic) bond motifs is 4. The minimum Gasteiger partial charge on any atom is -0.490 e. The standard InChI is InChI=1S/C36H45ClN2O5S3/c1-23-5-3-14-36(41,33-20-45-15-16-46-33)30-10-7-27(30)19-39-21-35(13-4-6-25-17-28(37)9-11-29(25)35)22-44-32-12-8-26(18-31(32)39)34(40)38-47(42,43)24(23)2/h3,8-9,11-12,14,17-18,23-24,27,30,33,41H,4-7,10,13,15-16,19-22H2,1-2H3,(H,38,40)/b14-3+/t23-,24+,27-,30+,33?,35-,36-/m0/s1. The molecule has 1 saturated heterocycles. The number of rotatable bonds is 1. The molecule has 3 heterocycles. The van der Waals surface area contributed by atoms with Crippen LogP contribution in [0.1, 0.15) is 67.4 Å². The first kappa shape index (κ1) is 33.6. The van der Waals surface area contributed by atoms with E-state index in [4.69, 9.17) is 16.3 Å². The average Bonchev–Trinajstić information content (AvgIpc) is 3.19. The van der Waals surface area contributed by atoms with Gasteiger partial charge in [-0.2, -0.15) is 23.5 Å². The molecule has 1 spiro atoms. The zero-order chi connectivity index (χ0) is 33.0. The molecule has 11 heteroatoms. The van der Waals surface area contributed by atoms with Crippen LogP contribution in [-0.2, 0) is 21.9 Å². The van der Waals surface area contributed by atoms with Crippen LogP contribution in [0.3, 0.4) is 0 Å². The lowest BCUT2D eigenvalue weighted by molar-refractivity contribution is -0.0427. The van der Waals surface area contributed by atoms with Crippen LogP contribution in [0.2, 0.25) is 5.02 Å². The molecule has 5 aliphatic rings. The number of anilines is 1. The van der Waals surface area contributed by atoms with Crippen molar-refractivity contribution < 1.29 is 23.1 Å². The number of carbonyl (C=O) groups excluding carboxylic acids is 1. The second-order valence-electron chi connectivity index (χ2n) is 14.3. The van der Waals surface area contributed by atoms with Crippen molar-refractivity contribution in [1.29, 1.82) is 0 Å². The fraction of sp³-hybridized carbons (Fsp3) is 0.583. The van der Waals surface area contributed by atoms with Gasteiger partial charge >= 0.3 is 0 Å². The molecule has 0 aromatic heterocycles. The van der Waals surface area contributed by atoms with Crippen molar-refractivity contribution in [3.05, 3.63) is 70.3 Å². The average molecular weight is 717 g/mol. The van der Waals surface area contributed by atoms with Gasteiger partial charge in [0.25, 0.3) is 5.91 Å². The fourth-order valence-corrected chi connectivity index (χ4v) is 12.9. The van der Waals surface area contributed by atoms with Crippen molar-refractivity contribution >= 4 is 56.7 Å². The molecular weight excluding hydrogens is 672 g/mol. The number of amides is 1. The largest absolute Gasteiger partial charge is 0.490 e. The molecule has 3 aliphatic heterocycles. The number of aryl methyl sites for hydroxylation is 1. The summed E-state index contributed by atoms with van der Waals surface area (Å²) in [7, 11) is -3.95. The monoisotopic (exact) mass is 716 g/mol. The highest BCUT2D eigenvalue weighted by Gasteiger charge is 2.51. The summed E-state index contributed by atoms with van der Waals surface area (Å²) in [6, 6.07) is 11.5. The van der Waals surface area contributed by atoms with Crippen molar-refractivity contribution in [2.75, 3.05) is 41.9 Å². The lowest BCUT2D eigenvalue weighted by atomic mass is 9.63. The lowest BCUT2D eigenvalue weighted by Gasteiger charge is -2.52. The molecule has 47 heavy (non-hydrogen) atoms. The third kappa shape index (κ3) is 6.35. The number of benzene rings is 2. The highest BCUT2D eigenvalue weighted by atomic mass is 35.5. The number of nitrogens with zero attached hydrogens (tertiary/aromatic N) is 1. The van der Waals surface area contributed by atoms with Gasteiger partial charge in [0, 0.05) is 51.6 Å². The highest BCUT2D eigenvalue weighted by molar-refractivity contribution is 8.06. The van der Waals surface area contributed by atoms with Gasteiger partial charge in [-0.3, -0.25) is 4.79 Å². The number of carbonyl (C=O) groups is 1. The molecule has 2 N–H and O–H groups in total. The lowest BCUT2D eigenvalue weighted by Crippen LogP contribution is -2.57. The topological polar surface area (TPSA) is 95.9 Å². The molecule has 2 bridgehead atoms. The van der Waals surface area contributed by atoms with E-state index in [1.165, 1.54) is 11.1 Å². The molecule has 7 atom stereocenters. The number of aliphatic hydroxyl groups is 1. The van der Waals surface area contributed by atoms with Gasteiger partial charge in [0.15, 0.2) is 0 Å². The van der Waals surface area contributed by atoms with Crippen molar-refractivity contribution in [3.63, 3.8) is 0 Å². The third-order valence-corrected chi connectivity index (χ3v) is 16.6. The van der Waals surface area contributed by atoms with Gasteiger partial charge < -0.3 is 14.7 Å². The Morgan fingerprint density at radius 3 is 2.74 bits per heavy atom. The second kappa shape index (κ2) is 13.1. The van der Waals surface area contributed by atoms with E-state index in [0.717, 1.165) is 60.1 Å². The second-order valence-corrected chi connectivity index (χ2v) is 19.3. The Morgan fingerprint density at radius 1 is 1.13 bits per heavy atom. The van der Waals surface area contributed by atoms with E-state index < -0.39 is 26.8 Å². The van der Waals surface area contributed by atoms with Gasteiger partial charge in [-0.1, -0.05) is 36.7 Å². The Labute approximate surface area is 292 Å². The van der Waals surface area contributed by atoms with E-state index in [0.29, 0.717) is 31.9 Å². The van der Waals surface area contributed by atoms with Crippen molar-refractivity contribution in [3.8, 4) is 5.75 Å². The molecule has 2 aromatic carbocycles. The minimum atomic E-state index is -3.95. The number of sulfonamides is 1. The molecule has 1 unspecified atom stereocenters. The highest BCUT2D eigenvalue weighted by Crippen LogP contribution is 2.51. The zero-order valence-electron chi connectivity index (χ0n) is 27.1. The van der Waals surface area contributed by atoms with Crippen molar-refractivity contribution in [1.82, 2.24) is 4.72 Å². The van der Waals surface area contributed by atoms with Crippen LogP contribution in [-0.4, -0.2) is 72.5 Å². The number of halogens is 1. The predicted octanol–water partition coefficient (Wildman–Crippen LogP) is 6.46. The summed E-state index contributed by atoms with van der Waals surface area (Å²) in [5.41, 5.74) is 2.34. The summed E-state index contributed by atoms with van der Waals surface area (Å²) >= 11 is 10.2. The number of allylic oxidation sites excluding steroid dienone is 1. The molecule has 1 saturated carbocycles. The fourth-order valence-electron chi connectivity index (χ4n) is 8.41. The summed E-state index contributed by atoms with van der Waals surface area (Å²) in [6.07, 6.45) is 9.42. The van der Waals surface area contributed by atoms with Gasteiger partial charge in [0.05, 0.1) is 23.1 Å². The Hall–Kier alpha value is -1.85. The summed E-state index contributed by atoms with van der Waals surface area (Å²) in [5.74, 6) is 3.13. The molecular formula is C36H45ClN2O5S3. The smallest absolute Gasteiger partial charge is 0.264 e. The van der Waals surface area contributed by atoms with Gasteiger partial charge in [-0.05, 0) is 105 Å². The SMILES string of the molecule is C[C@@H]1[C@@H](C)C/C=C/[C@@](O)(C2CSCCS2)[C@@H]2CC[C@H]2CN2C[C@@]3(CCCc4cc(Cl)ccc43)COc3ccc(cc32)C(=O)NS1(=O)=O. The van der Waals surface area contributed by atoms with E-state index >= 15 is 0 Å². The Morgan fingerprint density at radius 2 is 1.98 bits per heavy atom. The molecule has 7 nitrogen and oxygen atoms in total. The molecule has 2 aliphatic carbocycles. The van der Waals surface area contributed by atoms with Crippen LogP contribution < -0.4 is 14.4 Å². The van der Waals surface area contributed by atoms with E-state index in [1.54, 1.807) is 19.1 Å². The summed E-state index contributed by atoms with van der Waals surface area (Å²) in [5, 5.41) is 12.7. The van der Waals surface area contributed by atoms with Gasteiger partial charge in [0.2, 0.25) is 10.0 Å². The van der Waals surface area contributed by atoms with Crippen LogP contribution in [0.25, 0.3) is 0 Å². The van der Waals surface area contributed by atoms with E-state index in [2.05, 4.69) is 21.8 Å². The van der Waals surface area contributed by atoms with E-state index in [9.17, 15) is 18.3 Å². The summed E-state index contributed by atoms with van der Waals surface area (Å²) in [6.45, 7) is 5.45. The number of thioether (sulfide) groups is 2. The Kier molecular flexibility index (Phi) is 9.39. The molecule has 1 amide bonds. The summed E-state index contributed by atoms with van der Waals surface area (Å²) < 4.78 is 35.9. The molecule has 2 aromatic rings. The minimum absolute atomic E-state index is 0.0758.